The van der Waals surface area contributed by atoms with Gasteiger partial charge in [0.2, 0.25) is 5.95 Å². The first-order valence-corrected chi connectivity index (χ1v) is 10.8. The maximum Gasteiger partial charge on any atom is 0.229 e. The molecule has 0 unspecified atom stereocenters. The highest BCUT2D eigenvalue weighted by atomic mass is 16.5. The minimum atomic E-state index is 0.676. The molecule has 164 valence electrons. The number of aryl methyl sites for hydroxylation is 2. The van der Waals surface area contributed by atoms with Gasteiger partial charge in [0.1, 0.15) is 11.6 Å². The molecule has 5 rings (SSSR count). The fraction of sp³-hybridized carbons (Fsp3) is 0.292. The molecule has 8 nitrogen and oxygen atoms in total. The Balaban J connectivity index is 1.49. The van der Waals surface area contributed by atoms with Crippen LogP contribution in [0.25, 0.3) is 11.0 Å². The Labute approximate surface area is 186 Å². The molecule has 1 aliphatic rings. The summed E-state index contributed by atoms with van der Waals surface area (Å²) in [6, 6.07) is 18.2. The van der Waals surface area contributed by atoms with Crippen LogP contribution in [-0.2, 0) is 17.7 Å². The predicted octanol–water partition coefficient (Wildman–Crippen LogP) is 3.66. The van der Waals surface area contributed by atoms with Gasteiger partial charge in [0.15, 0.2) is 5.65 Å². The molecule has 8 heteroatoms. The lowest BCUT2D eigenvalue weighted by Crippen LogP contribution is -2.37. The van der Waals surface area contributed by atoms with E-state index in [0.29, 0.717) is 19.2 Å². The van der Waals surface area contributed by atoms with E-state index in [1.54, 1.807) is 7.11 Å². The van der Waals surface area contributed by atoms with Crippen LogP contribution in [-0.4, -0.2) is 53.2 Å². The van der Waals surface area contributed by atoms with Crippen molar-refractivity contribution >= 4 is 28.5 Å². The molecule has 0 amide bonds. The molecule has 1 N–H and O–H groups in total. The van der Waals surface area contributed by atoms with Crippen molar-refractivity contribution in [3.63, 3.8) is 0 Å². The van der Waals surface area contributed by atoms with Gasteiger partial charge in [-0.05, 0) is 36.2 Å². The Morgan fingerprint density at radius 3 is 2.53 bits per heavy atom. The summed E-state index contributed by atoms with van der Waals surface area (Å²) in [5, 5.41) is 8.98. The van der Waals surface area contributed by atoms with Gasteiger partial charge in [-0.25, -0.2) is 4.68 Å². The average Bonchev–Trinajstić information content (AvgIpc) is 3.28. The number of methoxy groups -OCH3 is 1. The lowest BCUT2D eigenvalue weighted by Gasteiger charge is -2.27. The molecule has 4 aromatic rings. The van der Waals surface area contributed by atoms with Crippen LogP contribution < -0.4 is 15.0 Å². The maximum atomic E-state index is 5.51. The first kappa shape index (κ1) is 20.3. The summed E-state index contributed by atoms with van der Waals surface area (Å²) in [7, 11) is 1.66. The van der Waals surface area contributed by atoms with Gasteiger partial charge in [-0.1, -0.05) is 30.3 Å². The number of rotatable bonds is 7. The molecule has 1 aliphatic heterocycles. The van der Waals surface area contributed by atoms with E-state index in [4.69, 9.17) is 19.4 Å². The number of hydrogen-bond acceptors (Lipinski definition) is 7. The number of ether oxygens (including phenoxy) is 2. The lowest BCUT2D eigenvalue weighted by molar-refractivity contribution is 0.122. The number of hydrogen-bond donors (Lipinski definition) is 1. The Bertz CT molecular complexity index is 1170. The highest BCUT2D eigenvalue weighted by molar-refractivity contribution is 5.89. The van der Waals surface area contributed by atoms with E-state index in [-0.39, 0.29) is 0 Å². The van der Waals surface area contributed by atoms with Gasteiger partial charge in [0.25, 0.3) is 0 Å². The van der Waals surface area contributed by atoms with Crippen LogP contribution in [0.3, 0.4) is 0 Å². The smallest absolute Gasteiger partial charge is 0.229 e. The summed E-state index contributed by atoms with van der Waals surface area (Å²) in [5.41, 5.74) is 3.03. The first-order valence-electron chi connectivity index (χ1n) is 10.8. The fourth-order valence-electron chi connectivity index (χ4n) is 3.80. The topological polar surface area (TPSA) is 77.3 Å². The second kappa shape index (κ2) is 9.23. The molecule has 0 radical (unpaired) electrons. The number of nitrogens with zero attached hydrogens (tertiary/aromatic N) is 5. The normalized spacial score (nSPS) is 14.0. The van der Waals surface area contributed by atoms with Gasteiger partial charge in [-0.3, -0.25) is 0 Å². The van der Waals surface area contributed by atoms with Gasteiger partial charge >= 0.3 is 0 Å². The number of fused-ring (bicyclic) bond motifs is 1. The van der Waals surface area contributed by atoms with Crippen LogP contribution in [0.1, 0.15) is 5.56 Å². The van der Waals surface area contributed by atoms with Crippen molar-refractivity contribution in [1.29, 1.82) is 0 Å². The zero-order valence-electron chi connectivity index (χ0n) is 18.1. The quantitative estimate of drug-likeness (QED) is 0.479. The molecule has 0 aliphatic carbocycles. The van der Waals surface area contributed by atoms with Gasteiger partial charge in [-0.15, -0.1) is 0 Å². The van der Waals surface area contributed by atoms with Gasteiger partial charge in [0.05, 0.1) is 31.9 Å². The largest absolute Gasteiger partial charge is 0.497 e. The van der Waals surface area contributed by atoms with E-state index in [1.165, 1.54) is 5.56 Å². The van der Waals surface area contributed by atoms with E-state index < -0.39 is 0 Å². The minimum Gasteiger partial charge on any atom is -0.497 e. The third-order valence-corrected chi connectivity index (χ3v) is 5.59. The molecule has 0 spiro atoms. The zero-order chi connectivity index (χ0) is 21.8. The SMILES string of the molecule is COc1ccc(Nc2nc(N3CCOCC3)nc3c2cnn3CCc2ccccc2)cc1. The van der Waals surface area contributed by atoms with Crippen LogP contribution in [0, 0.1) is 0 Å². The number of anilines is 3. The van der Waals surface area contributed by atoms with Crippen molar-refractivity contribution in [2.24, 2.45) is 0 Å². The Morgan fingerprint density at radius 2 is 1.78 bits per heavy atom. The van der Waals surface area contributed by atoms with Crippen LogP contribution in [0.4, 0.5) is 17.5 Å². The summed E-state index contributed by atoms with van der Waals surface area (Å²) in [6.07, 6.45) is 2.73. The molecule has 3 heterocycles. The highest BCUT2D eigenvalue weighted by Crippen LogP contribution is 2.28. The predicted molar refractivity (Wildman–Crippen MR) is 125 cm³/mol. The monoisotopic (exact) mass is 430 g/mol. The van der Waals surface area contributed by atoms with Crippen molar-refractivity contribution in [3.05, 3.63) is 66.4 Å². The van der Waals surface area contributed by atoms with Crippen molar-refractivity contribution in [2.75, 3.05) is 43.6 Å². The zero-order valence-corrected chi connectivity index (χ0v) is 18.1. The number of nitrogens with one attached hydrogen (secondary N) is 1. The third-order valence-electron chi connectivity index (χ3n) is 5.59. The number of morpholine rings is 1. The summed E-state index contributed by atoms with van der Waals surface area (Å²) in [5.74, 6) is 2.25. The second-order valence-electron chi connectivity index (χ2n) is 7.67. The molecule has 1 saturated heterocycles. The number of benzene rings is 2. The number of aromatic nitrogens is 4. The second-order valence-corrected chi connectivity index (χ2v) is 7.67. The van der Waals surface area contributed by atoms with E-state index in [2.05, 4.69) is 39.6 Å². The van der Waals surface area contributed by atoms with Crippen LogP contribution in [0.5, 0.6) is 5.75 Å². The van der Waals surface area contributed by atoms with E-state index in [0.717, 1.165) is 54.3 Å². The van der Waals surface area contributed by atoms with Crippen LogP contribution >= 0.6 is 0 Å². The van der Waals surface area contributed by atoms with E-state index >= 15 is 0 Å². The molecule has 1 fully saturated rings. The summed E-state index contributed by atoms with van der Waals surface area (Å²) >= 11 is 0. The van der Waals surface area contributed by atoms with E-state index in [9.17, 15) is 0 Å². The van der Waals surface area contributed by atoms with Crippen LogP contribution in [0.15, 0.2) is 60.8 Å². The molecule has 0 saturated carbocycles. The summed E-state index contributed by atoms with van der Waals surface area (Å²) in [4.78, 5) is 11.9. The molecule has 2 aromatic carbocycles. The molecule has 32 heavy (non-hydrogen) atoms. The van der Waals surface area contributed by atoms with Crippen LogP contribution in [0.2, 0.25) is 0 Å². The molecule has 0 atom stereocenters. The van der Waals surface area contributed by atoms with Crippen molar-refractivity contribution < 1.29 is 9.47 Å². The third kappa shape index (κ3) is 4.36. The Hall–Kier alpha value is -3.65. The lowest BCUT2D eigenvalue weighted by atomic mass is 10.1. The maximum absolute atomic E-state index is 5.51. The van der Waals surface area contributed by atoms with Gasteiger partial charge in [-0.2, -0.15) is 15.1 Å². The molecular formula is C24H26N6O2. The molecule has 2 aromatic heterocycles. The van der Waals surface area contributed by atoms with Crippen molar-refractivity contribution in [1.82, 2.24) is 19.7 Å². The Kier molecular flexibility index (Phi) is 5.85. The average molecular weight is 431 g/mol. The molecular weight excluding hydrogens is 404 g/mol. The molecule has 0 bridgehead atoms. The first-order chi connectivity index (χ1) is 15.8. The van der Waals surface area contributed by atoms with Gasteiger partial charge in [0, 0.05) is 25.3 Å². The summed E-state index contributed by atoms with van der Waals surface area (Å²) in [6.45, 7) is 3.64. The van der Waals surface area contributed by atoms with Crippen molar-refractivity contribution in [2.45, 2.75) is 13.0 Å². The van der Waals surface area contributed by atoms with E-state index in [1.807, 2.05) is 41.2 Å². The van der Waals surface area contributed by atoms with Crippen molar-refractivity contribution in [3.8, 4) is 5.75 Å². The highest BCUT2D eigenvalue weighted by Gasteiger charge is 2.19. The standard InChI is InChI=1S/C24H26N6O2/c1-31-20-9-7-19(8-10-20)26-22-21-17-25-30(12-11-18-5-3-2-4-6-18)23(21)28-24(27-22)29-13-15-32-16-14-29/h2-10,17H,11-16H2,1H3,(H,26,27,28). The van der Waals surface area contributed by atoms with Gasteiger partial charge < -0.3 is 19.7 Å². The summed E-state index contributed by atoms with van der Waals surface area (Å²) < 4.78 is 12.7. The minimum absolute atomic E-state index is 0.676. The fourth-order valence-corrected chi connectivity index (χ4v) is 3.80. The Morgan fingerprint density at radius 1 is 1.00 bits per heavy atom.